The number of ketones is 1. The van der Waals surface area contributed by atoms with Gasteiger partial charge in [0.1, 0.15) is 0 Å². The van der Waals surface area contributed by atoms with Crippen LogP contribution in [-0.4, -0.2) is 10.9 Å². The maximum Gasteiger partial charge on any atom is 0.160 e. The van der Waals surface area contributed by atoms with Crippen molar-refractivity contribution in [3.05, 3.63) is 70.2 Å². The average molecular weight is 299 g/mol. The number of carbonyl (C=O) groups is 1. The number of aliphatic hydroxyl groups excluding tert-OH is 1. The third kappa shape index (κ3) is 4.19. The van der Waals surface area contributed by atoms with Gasteiger partial charge in [0.25, 0.3) is 0 Å². The summed E-state index contributed by atoms with van der Waals surface area (Å²) in [5.74, 6) is 5.84. The average Bonchev–Trinajstić information content (AvgIpc) is 2.49. The van der Waals surface area contributed by atoms with Crippen LogP contribution in [0.25, 0.3) is 0 Å². The van der Waals surface area contributed by atoms with Crippen molar-refractivity contribution in [3.63, 3.8) is 0 Å². The van der Waals surface area contributed by atoms with Gasteiger partial charge in [0.2, 0.25) is 0 Å². The van der Waals surface area contributed by atoms with E-state index in [1.54, 1.807) is 36.4 Å². The fourth-order valence-corrected chi connectivity index (χ4v) is 2.13. The van der Waals surface area contributed by atoms with Gasteiger partial charge < -0.3 is 5.11 Å². The molecule has 106 valence electrons. The van der Waals surface area contributed by atoms with Crippen molar-refractivity contribution in [3.8, 4) is 11.8 Å². The van der Waals surface area contributed by atoms with E-state index in [1.807, 2.05) is 12.1 Å². The lowest BCUT2D eigenvalue weighted by Crippen LogP contribution is -2.04. The van der Waals surface area contributed by atoms with Gasteiger partial charge in [-0.2, -0.15) is 0 Å². The summed E-state index contributed by atoms with van der Waals surface area (Å²) < 4.78 is 0. The summed E-state index contributed by atoms with van der Waals surface area (Å²) in [6.07, 6.45) is -0.502. The number of hydrogen-bond donors (Lipinski definition) is 1. The van der Waals surface area contributed by atoms with Crippen LogP contribution in [0.3, 0.4) is 0 Å². The van der Waals surface area contributed by atoms with Gasteiger partial charge in [-0.25, -0.2) is 0 Å². The van der Waals surface area contributed by atoms with E-state index in [0.717, 1.165) is 5.56 Å². The molecule has 0 aliphatic rings. The highest BCUT2D eigenvalue weighted by Gasteiger charge is 2.13. The molecule has 1 unspecified atom stereocenters. The highest BCUT2D eigenvalue weighted by atomic mass is 35.5. The third-order valence-corrected chi connectivity index (χ3v) is 3.32. The first-order valence-corrected chi connectivity index (χ1v) is 6.98. The van der Waals surface area contributed by atoms with Crippen LogP contribution in [0.2, 0.25) is 5.02 Å². The molecule has 0 aliphatic heterocycles. The predicted octanol–water partition coefficient (Wildman–Crippen LogP) is 4.02. The monoisotopic (exact) mass is 298 g/mol. The highest BCUT2D eigenvalue weighted by molar-refractivity contribution is 6.30. The SMILES string of the molecule is CC(=O)c1ccccc1C(O)CC#Cc1ccc(Cl)cc1. The maximum atomic E-state index is 11.5. The number of halogens is 1. The van der Waals surface area contributed by atoms with Gasteiger partial charge in [-0.3, -0.25) is 4.79 Å². The van der Waals surface area contributed by atoms with E-state index in [1.165, 1.54) is 6.92 Å². The molecule has 2 aromatic rings. The zero-order chi connectivity index (χ0) is 15.2. The van der Waals surface area contributed by atoms with Gasteiger partial charge in [-0.05, 0) is 36.8 Å². The minimum absolute atomic E-state index is 0.0599. The van der Waals surface area contributed by atoms with Crippen LogP contribution in [0.4, 0.5) is 0 Å². The highest BCUT2D eigenvalue weighted by Crippen LogP contribution is 2.21. The van der Waals surface area contributed by atoms with Gasteiger partial charge in [0, 0.05) is 22.6 Å². The van der Waals surface area contributed by atoms with Gasteiger partial charge in [-0.1, -0.05) is 47.7 Å². The minimum atomic E-state index is -0.773. The largest absolute Gasteiger partial charge is 0.387 e. The second-order valence-electron chi connectivity index (χ2n) is 4.67. The van der Waals surface area contributed by atoms with E-state index < -0.39 is 6.10 Å². The third-order valence-electron chi connectivity index (χ3n) is 3.07. The van der Waals surface area contributed by atoms with E-state index in [0.29, 0.717) is 16.1 Å². The number of carbonyl (C=O) groups excluding carboxylic acids is 1. The van der Waals surface area contributed by atoms with Gasteiger partial charge in [0.15, 0.2) is 5.78 Å². The Kier molecular flexibility index (Phi) is 5.16. The molecule has 0 aliphatic carbocycles. The smallest absolute Gasteiger partial charge is 0.160 e. The summed E-state index contributed by atoms with van der Waals surface area (Å²) in [5.41, 5.74) is 2.00. The Bertz CT molecular complexity index is 693. The Labute approximate surface area is 129 Å². The van der Waals surface area contributed by atoms with Crippen LogP contribution >= 0.6 is 11.6 Å². The van der Waals surface area contributed by atoms with Crippen molar-refractivity contribution >= 4 is 17.4 Å². The Hall–Kier alpha value is -2.08. The Morgan fingerprint density at radius 1 is 1.19 bits per heavy atom. The molecule has 0 bridgehead atoms. The first-order chi connectivity index (χ1) is 10.1. The number of hydrogen-bond acceptors (Lipinski definition) is 2. The molecule has 0 saturated heterocycles. The van der Waals surface area contributed by atoms with Crippen LogP contribution in [0.5, 0.6) is 0 Å². The minimum Gasteiger partial charge on any atom is -0.387 e. The molecule has 2 nitrogen and oxygen atoms in total. The lowest BCUT2D eigenvalue weighted by Gasteiger charge is -2.11. The summed E-state index contributed by atoms with van der Waals surface area (Å²) in [6.45, 7) is 1.49. The molecule has 0 saturated carbocycles. The number of aliphatic hydroxyl groups is 1. The standard InChI is InChI=1S/C18H15ClO2/c1-13(20)16-6-2-3-7-17(16)18(21)8-4-5-14-9-11-15(19)12-10-14/h2-3,6-7,9-12,18,21H,8H2,1H3. The molecule has 3 heteroatoms. The van der Waals surface area contributed by atoms with Gasteiger partial charge >= 0.3 is 0 Å². The number of benzene rings is 2. The second kappa shape index (κ2) is 7.08. The van der Waals surface area contributed by atoms with Gasteiger partial charge in [0.05, 0.1) is 6.10 Å². The molecule has 0 amide bonds. The molecule has 0 heterocycles. The van der Waals surface area contributed by atoms with E-state index >= 15 is 0 Å². The zero-order valence-corrected chi connectivity index (χ0v) is 12.4. The lowest BCUT2D eigenvalue weighted by molar-refractivity contribution is 0.101. The number of Topliss-reactive ketones (excluding diaryl/α,β-unsaturated/α-hetero) is 1. The fourth-order valence-electron chi connectivity index (χ4n) is 2.00. The number of rotatable bonds is 3. The first-order valence-electron chi connectivity index (χ1n) is 6.60. The van der Waals surface area contributed by atoms with Crippen LogP contribution in [0, 0.1) is 11.8 Å². The van der Waals surface area contributed by atoms with E-state index in [4.69, 9.17) is 11.6 Å². The lowest BCUT2D eigenvalue weighted by atomic mass is 9.98. The molecule has 0 aromatic heterocycles. The molecular formula is C18H15ClO2. The molecule has 21 heavy (non-hydrogen) atoms. The Balaban J connectivity index is 2.11. The Morgan fingerprint density at radius 2 is 1.86 bits per heavy atom. The fraction of sp³-hybridized carbons (Fsp3) is 0.167. The van der Waals surface area contributed by atoms with E-state index in [-0.39, 0.29) is 12.2 Å². The molecule has 2 aromatic carbocycles. The summed E-state index contributed by atoms with van der Waals surface area (Å²) in [6, 6.07) is 14.2. The topological polar surface area (TPSA) is 37.3 Å². The van der Waals surface area contributed by atoms with E-state index in [9.17, 15) is 9.90 Å². The molecular weight excluding hydrogens is 284 g/mol. The van der Waals surface area contributed by atoms with Crippen molar-refractivity contribution < 1.29 is 9.90 Å². The van der Waals surface area contributed by atoms with E-state index in [2.05, 4.69) is 11.8 Å². The summed E-state index contributed by atoms with van der Waals surface area (Å²) >= 11 is 5.80. The molecule has 0 radical (unpaired) electrons. The van der Waals surface area contributed by atoms with Crippen molar-refractivity contribution in [1.29, 1.82) is 0 Å². The van der Waals surface area contributed by atoms with Crippen molar-refractivity contribution in [1.82, 2.24) is 0 Å². The Morgan fingerprint density at radius 3 is 2.52 bits per heavy atom. The normalized spacial score (nSPS) is 11.4. The van der Waals surface area contributed by atoms with Crippen molar-refractivity contribution in [2.45, 2.75) is 19.4 Å². The summed E-state index contributed by atoms with van der Waals surface area (Å²) in [4.78, 5) is 11.5. The van der Waals surface area contributed by atoms with Gasteiger partial charge in [-0.15, -0.1) is 0 Å². The quantitative estimate of drug-likeness (QED) is 0.686. The van der Waals surface area contributed by atoms with Crippen molar-refractivity contribution in [2.24, 2.45) is 0 Å². The van der Waals surface area contributed by atoms with Crippen LogP contribution in [0.15, 0.2) is 48.5 Å². The zero-order valence-electron chi connectivity index (χ0n) is 11.6. The molecule has 1 atom stereocenters. The van der Waals surface area contributed by atoms with Crippen molar-refractivity contribution in [2.75, 3.05) is 0 Å². The first kappa shape index (κ1) is 15.3. The summed E-state index contributed by atoms with van der Waals surface area (Å²) in [7, 11) is 0. The molecule has 1 N–H and O–H groups in total. The predicted molar refractivity (Wildman–Crippen MR) is 84.4 cm³/mol. The second-order valence-corrected chi connectivity index (χ2v) is 5.11. The molecule has 2 rings (SSSR count). The van der Waals surface area contributed by atoms with Crippen LogP contribution < -0.4 is 0 Å². The summed E-state index contributed by atoms with van der Waals surface area (Å²) in [5, 5.41) is 10.9. The van der Waals surface area contributed by atoms with Crippen LogP contribution in [-0.2, 0) is 0 Å². The van der Waals surface area contributed by atoms with Crippen LogP contribution in [0.1, 0.15) is 40.9 Å². The molecule has 0 spiro atoms. The molecule has 0 fully saturated rings. The maximum absolute atomic E-state index is 11.5.